The number of hydrogen-bond acceptors (Lipinski definition) is 0. The van der Waals surface area contributed by atoms with Crippen molar-refractivity contribution < 1.29 is 0 Å². The van der Waals surface area contributed by atoms with Gasteiger partial charge in [-0.1, -0.05) is 63.4 Å². The molecule has 0 heteroatoms. The largest absolute Gasteiger partial charge is 0.0985 e. The zero-order valence-electron chi connectivity index (χ0n) is 11.3. The van der Waals surface area contributed by atoms with E-state index in [1.165, 1.54) is 33.0 Å². The van der Waals surface area contributed by atoms with Crippen LogP contribution in [0.5, 0.6) is 0 Å². The molecule has 0 nitrogen and oxygen atoms in total. The zero-order chi connectivity index (χ0) is 13.1. The highest BCUT2D eigenvalue weighted by Crippen LogP contribution is 2.29. The molecular weight excluding hydrogens is 216 g/mol. The third-order valence-corrected chi connectivity index (χ3v) is 3.64. The fourth-order valence-electron chi connectivity index (χ4n) is 2.74. The molecule has 92 valence electrons. The van der Waals surface area contributed by atoms with Crippen molar-refractivity contribution in [2.75, 3.05) is 0 Å². The lowest BCUT2D eigenvalue weighted by Gasteiger charge is -2.14. The Morgan fingerprint density at radius 3 is 1.44 bits per heavy atom. The summed E-state index contributed by atoms with van der Waals surface area (Å²) in [4.78, 5) is 0. The van der Waals surface area contributed by atoms with Crippen molar-refractivity contribution >= 4 is 22.9 Å². The maximum atomic E-state index is 3.91. The van der Waals surface area contributed by atoms with Gasteiger partial charge in [0.2, 0.25) is 0 Å². The quantitative estimate of drug-likeness (QED) is 0.680. The zero-order valence-corrected chi connectivity index (χ0v) is 11.3. The SMILES string of the molecule is C=Cc1ccc2c(CC)c(C=C)ccc2c1CC. The van der Waals surface area contributed by atoms with E-state index in [-0.39, 0.29) is 0 Å². The highest BCUT2D eigenvalue weighted by molar-refractivity contribution is 5.93. The summed E-state index contributed by atoms with van der Waals surface area (Å²) in [7, 11) is 0. The standard InChI is InChI=1S/C18H20/c1-5-13-9-11-18-16(8-4)14(6-2)10-12-17(18)15(13)7-3/h5-6,9-12H,1-2,7-8H2,3-4H3. The van der Waals surface area contributed by atoms with Crippen LogP contribution in [0.4, 0.5) is 0 Å². The molecule has 2 aromatic rings. The minimum absolute atomic E-state index is 1.04. The first kappa shape index (κ1) is 12.6. The molecule has 0 N–H and O–H groups in total. The minimum Gasteiger partial charge on any atom is -0.0985 e. The molecule has 0 aliphatic rings. The summed E-state index contributed by atoms with van der Waals surface area (Å²) in [5.41, 5.74) is 5.29. The lowest BCUT2D eigenvalue weighted by atomic mass is 9.91. The number of rotatable bonds is 4. The molecule has 0 aromatic heterocycles. The van der Waals surface area contributed by atoms with Crippen LogP contribution >= 0.6 is 0 Å². The number of benzene rings is 2. The first-order valence-corrected chi connectivity index (χ1v) is 6.59. The highest BCUT2D eigenvalue weighted by Gasteiger charge is 2.08. The minimum atomic E-state index is 1.04. The smallest absolute Gasteiger partial charge is 0.0143 e. The Morgan fingerprint density at radius 1 is 0.778 bits per heavy atom. The van der Waals surface area contributed by atoms with E-state index in [1.54, 1.807) is 0 Å². The van der Waals surface area contributed by atoms with Crippen molar-refractivity contribution in [3.63, 3.8) is 0 Å². The lowest BCUT2D eigenvalue weighted by molar-refractivity contribution is 1.13. The van der Waals surface area contributed by atoms with Crippen LogP contribution < -0.4 is 0 Å². The van der Waals surface area contributed by atoms with E-state index in [4.69, 9.17) is 0 Å². The van der Waals surface area contributed by atoms with Gasteiger partial charge >= 0.3 is 0 Å². The van der Waals surface area contributed by atoms with E-state index >= 15 is 0 Å². The molecule has 0 atom stereocenters. The predicted molar refractivity (Wildman–Crippen MR) is 82.9 cm³/mol. The van der Waals surface area contributed by atoms with Crippen molar-refractivity contribution in [3.05, 3.63) is 59.7 Å². The summed E-state index contributed by atoms with van der Waals surface area (Å²) in [6.45, 7) is 12.2. The van der Waals surface area contributed by atoms with Gasteiger partial charge in [0, 0.05) is 0 Å². The third kappa shape index (κ3) is 1.88. The van der Waals surface area contributed by atoms with Gasteiger partial charge in [0.05, 0.1) is 0 Å². The van der Waals surface area contributed by atoms with E-state index in [2.05, 4.69) is 51.3 Å². The Hall–Kier alpha value is -1.82. The Kier molecular flexibility index (Phi) is 3.66. The van der Waals surface area contributed by atoms with E-state index in [0.717, 1.165) is 12.8 Å². The van der Waals surface area contributed by atoms with Crippen molar-refractivity contribution in [3.8, 4) is 0 Å². The van der Waals surface area contributed by atoms with Crippen LogP contribution in [0, 0.1) is 0 Å². The van der Waals surface area contributed by atoms with Gasteiger partial charge in [0.25, 0.3) is 0 Å². The van der Waals surface area contributed by atoms with Crippen molar-refractivity contribution in [2.24, 2.45) is 0 Å². The predicted octanol–water partition coefficient (Wildman–Crippen LogP) is 5.25. The molecular formula is C18H20. The molecule has 0 heterocycles. The summed E-state index contributed by atoms with van der Waals surface area (Å²) >= 11 is 0. The Labute approximate surface area is 110 Å². The maximum absolute atomic E-state index is 3.91. The van der Waals surface area contributed by atoms with Gasteiger partial charge in [-0.3, -0.25) is 0 Å². The van der Waals surface area contributed by atoms with E-state index in [1.807, 2.05) is 12.2 Å². The first-order valence-electron chi connectivity index (χ1n) is 6.59. The van der Waals surface area contributed by atoms with Crippen LogP contribution in [0.3, 0.4) is 0 Å². The Morgan fingerprint density at radius 2 is 1.17 bits per heavy atom. The van der Waals surface area contributed by atoms with Crippen LogP contribution in [0.1, 0.15) is 36.1 Å². The second-order valence-corrected chi connectivity index (χ2v) is 4.48. The lowest BCUT2D eigenvalue weighted by Crippen LogP contribution is -1.94. The summed E-state index contributed by atoms with van der Waals surface area (Å²) in [5, 5.41) is 2.72. The molecule has 0 spiro atoms. The van der Waals surface area contributed by atoms with Gasteiger partial charge in [0.1, 0.15) is 0 Å². The maximum Gasteiger partial charge on any atom is -0.0143 e. The van der Waals surface area contributed by atoms with Gasteiger partial charge in [-0.25, -0.2) is 0 Å². The van der Waals surface area contributed by atoms with E-state index < -0.39 is 0 Å². The van der Waals surface area contributed by atoms with Gasteiger partial charge in [0.15, 0.2) is 0 Å². The van der Waals surface area contributed by atoms with Crippen molar-refractivity contribution in [2.45, 2.75) is 26.7 Å². The Balaban J connectivity index is 2.88. The average molecular weight is 236 g/mol. The number of fused-ring (bicyclic) bond motifs is 1. The van der Waals surface area contributed by atoms with E-state index in [9.17, 15) is 0 Å². The summed E-state index contributed by atoms with van der Waals surface area (Å²) < 4.78 is 0. The van der Waals surface area contributed by atoms with Crippen LogP contribution in [-0.2, 0) is 12.8 Å². The van der Waals surface area contributed by atoms with Crippen LogP contribution in [-0.4, -0.2) is 0 Å². The molecule has 2 aromatic carbocycles. The fraction of sp³-hybridized carbons (Fsp3) is 0.222. The normalized spacial score (nSPS) is 10.6. The molecule has 18 heavy (non-hydrogen) atoms. The number of aryl methyl sites for hydroxylation is 2. The third-order valence-electron chi connectivity index (χ3n) is 3.64. The molecule has 0 aliphatic heterocycles. The monoisotopic (exact) mass is 236 g/mol. The van der Waals surface area contributed by atoms with Crippen molar-refractivity contribution in [1.82, 2.24) is 0 Å². The molecule has 0 bridgehead atoms. The second kappa shape index (κ2) is 5.22. The topological polar surface area (TPSA) is 0 Å². The van der Waals surface area contributed by atoms with Crippen LogP contribution in [0.25, 0.3) is 22.9 Å². The Bertz CT molecular complexity index is 548. The highest BCUT2D eigenvalue weighted by atomic mass is 14.1. The second-order valence-electron chi connectivity index (χ2n) is 4.48. The molecule has 0 saturated heterocycles. The van der Waals surface area contributed by atoms with Gasteiger partial charge < -0.3 is 0 Å². The van der Waals surface area contributed by atoms with Crippen LogP contribution in [0.15, 0.2) is 37.4 Å². The summed E-state index contributed by atoms with van der Waals surface area (Å²) in [6.07, 6.45) is 5.97. The van der Waals surface area contributed by atoms with Crippen molar-refractivity contribution in [1.29, 1.82) is 0 Å². The molecule has 0 saturated carbocycles. The van der Waals surface area contributed by atoms with Gasteiger partial charge in [-0.2, -0.15) is 0 Å². The summed E-state index contributed by atoms with van der Waals surface area (Å²) in [5.74, 6) is 0. The first-order chi connectivity index (χ1) is 8.76. The molecule has 0 aliphatic carbocycles. The molecule has 0 radical (unpaired) electrons. The molecule has 2 rings (SSSR count). The number of hydrogen-bond donors (Lipinski definition) is 0. The van der Waals surface area contributed by atoms with Crippen LogP contribution in [0.2, 0.25) is 0 Å². The van der Waals surface area contributed by atoms with Gasteiger partial charge in [-0.15, -0.1) is 0 Å². The fourth-order valence-corrected chi connectivity index (χ4v) is 2.74. The molecule has 0 fully saturated rings. The molecule has 0 unspecified atom stereocenters. The summed E-state index contributed by atoms with van der Waals surface area (Å²) in [6, 6.07) is 8.80. The van der Waals surface area contributed by atoms with Gasteiger partial charge in [-0.05, 0) is 45.9 Å². The average Bonchev–Trinajstić information content (AvgIpc) is 2.44. The van der Waals surface area contributed by atoms with E-state index in [0.29, 0.717) is 0 Å². The molecule has 0 amide bonds.